The second-order valence-electron chi connectivity index (χ2n) is 4.96. The molecule has 3 heteroatoms. The first-order valence-corrected chi connectivity index (χ1v) is 7.09. The summed E-state index contributed by atoms with van der Waals surface area (Å²) >= 11 is 0. The van der Waals surface area contributed by atoms with Crippen molar-refractivity contribution in [3.05, 3.63) is 59.5 Å². The first-order valence-electron chi connectivity index (χ1n) is 7.09. The van der Waals surface area contributed by atoms with Gasteiger partial charge in [0.05, 0.1) is 12.3 Å². The van der Waals surface area contributed by atoms with Gasteiger partial charge >= 0.3 is 0 Å². The monoisotopic (exact) mass is 271 g/mol. The molecule has 1 heterocycles. The van der Waals surface area contributed by atoms with Gasteiger partial charge in [0.1, 0.15) is 5.76 Å². The quantitative estimate of drug-likeness (QED) is 0.871. The largest absolute Gasteiger partial charge is 0.469 e. The van der Waals surface area contributed by atoms with Gasteiger partial charge in [0.15, 0.2) is 0 Å². The number of benzene rings is 1. The Kier molecular flexibility index (Phi) is 4.99. The second kappa shape index (κ2) is 6.94. The Morgan fingerprint density at radius 2 is 2.00 bits per heavy atom. The van der Waals surface area contributed by atoms with Gasteiger partial charge in [0.25, 0.3) is 0 Å². The van der Waals surface area contributed by atoms with Gasteiger partial charge < -0.3 is 9.73 Å². The predicted molar refractivity (Wildman–Crippen MR) is 79.4 cm³/mol. The van der Waals surface area contributed by atoms with E-state index in [2.05, 4.69) is 36.5 Å². The third-order valence-electron chi connectivity index (χ3n) is 3.44. The van der Waals surface area contributed by atoms with E-state index < -0.39 is 0 Å². The maximum Gasteiger partial charge on any atom is 0.220 e. The lowest BCUT2D eigenvalue weighted by Gasteiger charge is -2.14. The van der Waals surface area contributed by atoms with Crippen LogP contribution in [0.15, 0.2) is 47.1 Å². The molecule has 0 saturated carbocycles. The van der Waals surface area contributed by atoms with Gasteiger partial charge in [-0.05, 0) is 36.6 Å². The zero-order valence-corrected chi connectivity index (χ0v) is 12.1. The van der Waals surface area contributed by atoms with Crippen LogP contribution in [0, 0.1) is 0 Å². The summed E-state index contributed by atoms with van der Waals surface area (Å²) in [6, 6.07) is 12.1. The fraction of sp³-hybridized carbons (Fsp3) is 0.353. The predicted octanol–water partition coefficient (Wildman–Crippen LogP) is 3.65. The molecule has 0 aliphatic rings. The fourth-order valence-corrected chi connectivity index (χ4v) is 2.13. The van der Waals surface area contributed by atoms with Crippen LogP contribution in [0.2, 0.25) is 0 Å². The zero-order valence-electron chi connectivity index (χ0n) is 12.1. The van der Waals surface area contributed by atoms with Crippen molar-refractivity contribution in [3.63, 3.8) is 0 Å². The summed E-state index contributed by atoms with van der Waals surface area (Å²) in [5, 5.41) is 3.02. The molecule has 20 heavy (non-hydrogen) atoms. The van der Waals surface area contributed by atoms with Crippen molar-refractivity contribution in [3.8, 4) is 0 Å². The Hall–Kier alpha value is -2.03. The van der Waals surface area contributed by atoms with Gasteiger partial charge in [-0.15, -0.1) is 0 Å². The molecule has 1 unspecified atom stereocenters. The molecule has 2 aromatic rings. The molecule has 1 amide bonds. The SMILES string of the molecule is CCc1ccc(C(C)NC(=O)CCc2ccco2)cc1. The molecule has 0 aliphatic carbocycles. The van der Waals surface area contributed by atoms with Crippen molar-refractivity contribution in [2.45, 2.75) is 39.2 Å². The van der Waals surface area contributed by atoms with Gasteiger partial charge in [0, 0.05) is 12.8 Å². The molecule has 3 nitrogen and oxygen atoms in total. The summed E-state index contributed by atoms with van der Waals surface area (Å²) < 4.78 is 5.22. The minimum Gasteiger partial charge on any atom is -0.469 e. The molecular formula is C17H21NO2. The van der Waals surface area contributed by atoms with E-state index in [1.54, 1.807) is 6.26 Å². The van der Waals surface area contributed by atoms with E-state index in [0.29, 0.717) is 12.8 Å². The Morgan fingerprint density at radius 3 is 2.60 bits per heavy atom. The van der Waals surface area contributed by atoms with Crippen molar-refractivity contribution in [2.75, 3.05) is 0 Å². The van der Waals surface area contributed by atoms with Gasteiger partial charge in [-0.2, -0.15) is 0 Å². The first kappa shape index (κ1) is 14.4. The van der Waals surface area contributed by atoms with E-state index in [-0.39, 0.29) is 11.9 Å². The Balaban J connectivity index is 1.83. The van der Waals surface area contributed by atoms with Crippen LogP contribution >= 0.6 is 0 Å². The van der Waals surface area contributed by atoms with Crippen LogP contribution in [0.5, 0.6) is 0 Å². The first-order chi connectivity index (χ1) is 9.69. The van der Waals surface area contributed by atoms with Crippen LogP contribution in [0.3, 0.4) is 0 Å². The molecule has 1 atom stereocenters. The standard InChI is InChI=1S/C17H21NO2/c1-3-14-6-8-15(9-7-14)13(2)18-17(19)11-10-16-5-4-12-20-16/h4-9,12-13H,3,10-11H2,1-2H3,(H,18,19). The number of rotatable bonds is 6. The number of carbonyl (C=O) groups excluding carboxylic acids is 1. The maximum atomic E-state index is 11.9. The molecule has 1 aromatic carbocycles. The van der Waals surface area contributed by atoms with Crippen LogP contribution < -0.4 is 5.32 Å². The smallest absolute Gasteiger partial charge is 0.220 e. The second-order valence-corrected chi connectivity index (χ2v) is 4.96. The van der Waals surface area contributed by atoms with E-state index in [4.69, 9.17) is 4.42 Å². The summed E-state index contributed by atoms with van der Waals surface area (Å²) in [6.07, 6.45) is 3.75. The number of hydrogen-bond donors (Lipinski definition) is 1. The highest BCUT2D eigenvalue weighted by atomic mass is 16.3. The third-order valence-corrected chi connectivity index (χ3v) is 3.44. The van der Waals surface area contributed by atoms with Gasteiger partial charge in [-0.3, -0.25) is 4.79 Å². The van der Waals surface area contributed by atoms with E-state index in [1.165, 1.54) is 5.56 Å². The van der Waals surface area contributed by atoms with Crippen LogP contribution in [0.4, 0.5) is 0 Å². The highest BCUT2D eigenvalue weighted by Crippen LogP contribution is 2.14. The Labute approximate surface area is 120 Å². The number of carbonyl (C=O) groups is 1. The molecule has 1 N–H and O–H groups in total. The third kappa shape index (κ3) is 3.98. The fourth-order valence-electron chi connectivity index (χ4n) is 2.13. The Bertz CT molecular complexity index is 529. The molecule has 0 spiro atoms. The number of nitrogens with one attached hydrogen (secondary N) is 1. The summed E-state index contributed by atoms with van der Waals surface area (Å²) in [6.45, 7) is 4.14. The highest BCUT2D eigenvalue weighted by molar-refractivity contribution is 5.76. The lowest BCUT2D eigenvalue weighted by molar-refractivity contribution is -0.121. The Morgan fingerprint density at radius 1 is 1.25 bits per heavy atom. The summed E-state index contributed by atoms with van der Waals surface area (Å²) in [7, 11) is 0. The molecule has 0 bridgehead atoms. The average molecular weight is 271 g/mol. The molecular weight excluding hydrogens is 250 g/mol. The van der Waals surface area contributed by atoms with E-state index in [1.807, 2.05) is 19.1 Å². The van der Waals surface area contributed by atoms with Crippen molar-refractivity contribution in [1.29, 1.82) is 0 Å². The molecule has 2 rings (SSSR count). The van der Waals surface area contributed by atoms with Gasteiger partial charge in [-0.25, -0.2) is 0 Å². The number of hydrogen-bond acceptors (Lipinski definition) is 2. The van der Waals surface area contributed by atoms with Gasteiger partial charge in [-0.1, -0.05) is 31.2 Å². The van der Waals surface area contributed by atoms with Crippen molar-refractivity contribution in [2.24, 2.45) is 0 Å². The zero-order chi connectivity index (χ0) is 14.4. The summed E-state index contributed by atoms with van der Waals surface area (Å²) in [5.41, 5.74) is 2.44. The van der Waals surface area contributed by atoms with E-state index >= 15 is 0 Å². The molecule has 0 saturated heterocycles. The van der Waals surface area contributed by atoms with E-state index in [9.17, 15) is 4.79 Å². The maximum absolute atomic E-state index is 11.9. The number of amides is 1. The number of furan rings is 1. The normalized spacial score (nSPS) is 12.1. The molecule has 0 aliphatic heterocycles. The molecule has 106 valence electrons. The topological polar surface area (TPSA) is 42.2 Å². The minimum absolute atomic E-state index is 0.0324. The molecule has 0 radical (unpaired) electrons. The lowest BCUT2D eigenvalue weighted by Crippen LogP contribution is -2.26. The highest BCUT2D eigenvalue weighted by Gasteiger charge is 2.10. The molecule has 0 fully saturated rings. The van der Waals surface area contributed by atoms with Crippen LogP contribution in [0.1, 0.15) is 43.2 Å². The molecule has 1 aromatic heterocycles. The van der Waals surface area contributed by atoms with Crippen LogP contribution in [-0.2, 0) is 17.6 Å². The number of aryl methyl sites for hydroxylation is 2. The van der Waals surface area contributed by atoms with Crippen molar-refractivity contribution in [1.82, 2.24) is 5.32 Å². The van der Waals surface area contributed by atoms with Crippen molar-refractivity contribution >= 4 is 5.91 Å². The van der Waals surface area contributed by atoms with Crippen molar-refractivity contribution < 1.29 is 9.21 Å². The summed E-state index contributed by atoms with van der Waals surface area (Å²) in [5.74, 6) is 0.897. The van der Waals surface area contributed by atoms with Gasteiger partial charge in [0.2, 0.25) is 5.91 Å². The average Bonchev–Trinajstić information content (AvgIpc) is 2.98. The minimum atomic E-state index is 0.0324. The summed E-state index contributed by atoms with van der Waals surface area (Å²) in [4.78, 5) is 11.9. The van der Waals surface area contributed by atoms with E-state index in [0.717, 1.165) is 17.7 Å². The van der Waals surface area contributed by atoms with Crippen LogP contribution in [-0.4, -0.2) is 5.91 Å². The van der Waals surface area contributed by atoms with Crippen LogP contribution in [0.25, 0.3) is 0 Å². The lowest BCUT2D eigenvalue weighted by atomic mass is 10.0.